The normalized spacial score (nSPS) is 11.5. The van der Waals surface area contributed by atoms with Crippen LogP contribution in [0.2, 0.25) is 0 Å². The summed E-state index contributed by atoms with van der Waals surface area (Å²) < 4.78 is 0. The van der Waals surface area contributed by atoms with Crippen LogP contribution in [0.15, 0.2) is 35.3 Å². The summed E-state index contributed by atoms with van der Waals surface area (Å²) in [4.78, 5) is 6.41. The lowest BCUT2D eigenvalue weighted by atomic mass is 10.2. The fourth-order valence-electron chi connectivity index (χ4n) is 1.26. The number of hydrogen-bond donors (Lipinski definition) is 0. The predicted molar refractivity (Wildman–Crippen MR) is 57.2 cm³/mol. The summed E-state index contributed by atoms with van der Waals surface area (Å²) in [5.41, 5.74) is 1.18. The Kier molecular flexibility index (Phi) is 3.50. The van der Waals surface area contributed by atoms with E-state index in [9.17, 15) is 0 Å². The van der Waals surface area contributed by atoms with Gasteiger partial charge in [0.1, 0.15) is 5.84 Å². The van der Waals surface area contributed by atoms with E-state index >= 15 is 0 Å². The lowest BCUT2D eigenvalue weighted by molar-refractivity contribution is 0.535. The molecule has 0 aliphatic rings. The molecule has 0 fully saturated rings. The predicted octanol–water partition coefficient (Wildman–Crippen LogP) is 2.01. The Morgan fingerprint density at radius 3 is 2.38 bits per heavy atom. The van der Waals surface area contributed by atoms with Crippen molar-refractivity contribution in [3.05, 3.63) is 35.9 Å². The fourth-order valence-corrected chi connectivity index (χ4v) is 1.26. The van der Waals surface area contributed by atoms with Crippen molar-refractivity contribution < 1.29 is 0 Å². The topological polar surface area (TPSA) is 15.6 Å². The Morgan fingerprint density at radius 1 is 1.31 bits per heavy atom. The number of aliphatic imine (C=N–C) groups is 1. The van der Waals surface area contributed by atoms with Gasteiger partial charge in [-0.15, -0.1) is 0 Å². The molecule has 1 aromatic rings. The molecule has 1 rings (SSSR count). The number of benzene rings is 1. The monoisotopic (exact) mass is 176 g/mol. The van der Waals surface area contributed by atoms with E-state index < -0.39 is 0 Å². The van der Waals surface area contributed by atoms with Crippen LogP contribution in [0.25, 0.3) is 0 Å². The van der Waals surface area contributed by atoms with Gasteiger partial charge in [0.05, 0.1) is 0 Å². The maximum atomic E-state index is 4.27. The summed E-state index contributed by atoms with van der Waals surface area (Å²) in [6, 6.07) is 10.2. The highest BCUT2D eigenvalue weighted by Gasteiger charge is 2.04. The van der Waals surface area contributed by atoms with E-state index in [2.05, 4.69) is 36.0 Å². The molecule has 0 radical (unpaired) electrons. The third kappa shape index (κ3) is 2.31. The third-order valence-electron chi connectivity index (χ3n) is 2.08. The summed E-state index contributed by atoms with van der Waals surface area (Å²) >= 11 is 0. The minimum absolute atomic E-state index is 0.974. The van der Waals surface area contributed by atoms with Crippen LogP contribution >= 0.6 is 0 Å². The van der Waals surface area contributed by atoms with Crippen LogP contribution in [0.1, 0.15) is 12.5 Å². The van der Waals surface area contributed by atoms with Gasteiger partial charge in [0, 0.05) is 26.2 Å². The van der Waals surface area contributed by atoms with E-state index in [4.69, 9.17) is 0 Å². The second-order valence-corrected chi connectivity index (χ2v) is 2.93. The van der Waals surface area contributed by atoms with Crippen molar-refractivity contribution in [3.8, 4) is 0 Å². The van der Waals surface area contributed by atoms with Gasteiger partial charge in [-0.3, -0.25) is 4.99 Å². The molecule has 0 aliphatic heterocycles. The van der Waals surface area contributed by atoms with E-state index in [-0.39, 0.29) is 0 Å². The highest BCUT2D eigenvalue weighted by atomic mass is 15.1. The van der Waals surface area contributed by atoms with Gasteiger partial charge >= 0.3 is 0 Å². The number of nitrogens with zero attached hydrogens (tertiary/aromatic N) is 2. The van der Waals surface area contributed by atoms with Crippen LogP contribution in [0.5, 0.6) is 0 Å². The van der Waals surface area contributed by atoms with Crippen LogP contribution in [-0.2, 0) is 0 Å². The summed E-state index contributed by atoms with van der Waals surface area (Å²) in [6.07, 6.45) is 0. The van der Waals surface area contributed by atoms with Gasteiger partial charge in [0.2, 0.25) is 0 Å². The van der Waals surface area contributed by atoms with Crippen molar-refractivity contribution in [2.45, 2.75) is 6.92 Å². The van der Waals surface area contributed by atoms with Crippen LogP contribution in [-0.4, -0.2) is 31.4 Å². The number of amidine groups is 1. The molecule has 0 amide bonds. The first-order chi connectivity index (χ1) is 6.29. The van der Waals surface area contributed by atoms with Gasteiger partial charge in [0.25, 0.3) is 0 Å². The molecule has 0 atom stereocenters. The van der Waals surface area contributed by atoms with E-state index in [1.807, 2.05) is 25.2 Å². The largest absolute Gasteiger partial charge is 0.360 e. The van der Waals surface area contributed by atoms with Gasteiger partial charge < -0.3 is 4.90 Å². The molecular formula is C11H16N2. The highest BCUT2D eigenvalue weighted by molar-refractivity contribution is 5.98. The van der Waals surface area contributed by atoms with Crippen molar-refractivity contribution >= 4 is 5.84 Å². The fraction of sp³-hybridized carbons (Fsp3) is 0.364. The first-order valence-corrected chi connectivity index (χ1v) is 4.53. The Bertz CT molecular complexity index is 277. The summed E-state index contributed by atoms with van der Waals surface area (Å²) in [5, 5.41) is 0. The minimum atomic E-state index is 0.974. The van der Waals surface area contributed by atoms with Crippen molar-refractivity contribution in [2.24, 2.45) is 4.99 Å². The smallest absolute Gasteiger partial charge is 0.130 e. The van der Waals surface area contributed by atoms with Crippen molar-refractivity contribution in [3.63, 3.8) is 0 Å². The SMILES string of the molecule is CCN(C)/C(=N\C)c1ccccc1. The molecule has 0 heterocycles. The molecule has 0 saturated carbocycles. The second kappa shape index (κ2) is 4.65. The quantitative estimate of drug-likeness (QED) is 0.497. The molecule has 13 heavy (non-hydrogen) atoms. The van der Waals surface area contributed by atoms with E-state index in [1.165, 1.54) is 5.56 Å². The lowest BCUT2D eigenvalue weighted by Gasteiger charge is -2.18. The van der Waals surface area contributed by atoms with E-state index in [0.717, 1.165) is 12.4 Å². The average molecular weight is 176 g/mol. The summed E-state index contributed by atoms with van der Waals surface area (Å²) in [5.74, 6) is 1.04. The first-order valence-electron chi connectivity index (χ1n) is 4.53. The molecular weight excluding hydrogens is 160 g/mol. The van der Waals surface area contributed by atoms with Crippen LogP contribution in [0.3, 0.4) is 0 Å². The Morgan fingerprint density at radius 2 is 1.92 bits per heavy atom. The Balaban J connectivity index is 2.93. The minimum Gasteiger partial charge on any atom is -0.360 e. The zero-order chi connectivity index (χ0) is 9.68. The van der Waals surface area contributed by atoms with Crippen LogP contribution in [0.4, 0.5) is 0 Å². The maximum Gasteiger partial charge on any atom is 0.130 e. The van der Waals surface area contributed by atoms with Crippen molar-refractivity contribution in [1.82, 2.24) is 4.90 Å². The molecule has 0 N–H and O–H groups in total. The van der Waals surface area contributed by atoms with Gasteiger partial charge in [-0.05, 0) is 6.92 Å². The molecule has 0 unspecified atom stereocenters. The van der Waals surface area contributed by atoms with Crippen molar-refractivity contribution in [1.29, 1.82) is 0 Å². The summed E-state index contributed by atoms with van der Waals surface area (Å²) in [6.45, 7) is 3.09. The van der Waals surface area contributed by atoms with Gasteiger partial charge in [-0.1, -0.05) is 30.3 Å². The molecule has 0 saturated heterocycles. The third-order valence-corrected chi connectivity index (χ3v) is 2.08. The lowest BCUT2D eigenvalue weighted by Crippen LogP contribution is -2.27. The van der Waals surface area contributed by atoms with E-state index in [0.29, 0.717) is 0 Å². The standard InChI is InChI=1S/C11H16N2/c1-4-13(3)11(12-2)10-8-6-5-7-9-10/h5-9H,4H2,1-3H3/b12-11-. The molecule has 0 aliphatic carbocycles. The first kappa shape index (κ1) is 9.78. The zero-order valence-corrected chi connectivity index (χ0v) is 8.49. The molecule has 1 aromatic carbocycles. The summed E-state index contributed by atoms with van der Waals surface area (Å²) in [7, 11) is 3.88. The Labute approximate surface area is 79.9 Å². The second-order valence-electron chi connectivity index (χ2n) is 2.93. The number of rotatable bonds is 2. The van der Waals surface area contributed by atoms with Gasteiger partial charge in [-0.2, -0.15) is 0 Å². The molecule has 0 aromatic heterocycles. The maximum absolute atomic E-state index is 4.27. The van der Waals surface area contributed by atoms with Crippen LogP contribution in [0, 0.1) is 0 Å². The Hall–Kier alpha value is -1.31. The van der Waals surface area contributed by atoms with Gasteiger partial charge in [0.15, 0.2) is 0 Å². The number of hydrogen-bond acceptors (Lipinski definition) is 1. The highest BCUT2D eigenvalue weighted by Crippen LogP contribution is 2.03. The molecule has 0 bridgehead atoms. The molecule has 70 valence electrons. The van der Waals surface area contributed by atoms with Crippen LogP contribution < -0.4 is 0 Å². The van der Waals surface area contributed by atoms with E-state index in [1.54, 1.807) is 0 Å². The zero-order valence-electron chi connectivity index (χ0n) is 8.49. The molecule has 2 nitrogen and oxygen atoms in total. The molecule has 0 spiro atoms. The molecule has 2 heteroatoms. The van der Waals surface area contributed by atoms with Crippen molar-refractivity contribution in [2.75, 3.05) is 20.6 Å². The average Bonchev–Trinajstić information content (AvgIpc) is 2.20. The van der Waals surface area contributed by atoms with Gasteiger partial charge in [-0.25, -0.2) is 0 Å².